The maximum atomic E-state index is 12.2. The number of amides is 1. The minimum atomic E-state index is 0.0863. The number of rotatable bonds is 3. The quantitative estimate of drug-likeness (QED) is 0.443. The number of fused-ring (bicyclic) bond motifs is 3. The molecule has 8 nitrogen and oxygen atoms in total. The van der Waals surface area contributed by atoms with Gasteiger partial charge in [0.15, 0.2) is 6.29 Å². The molecule has 2 fully saturated rings. The summed E-state index contributed by atoms with van der Waals surface area (Å²) in [6, 6.07) is 6.66. The summed E-state index contributed by atoms with van der Waals surface area (Å²) in [5.74, 6) is 1.51. The molecule has 0 aliphatic carbocycles. The lowest BCUT2D eigenvalue weighted by Crippen LogP contribution is -2.34. The molecule has 2 saturated heterocycles. The van der Waals surface area contributed by atoms with Crippen LogP contribution in [0.25, 0.3) is 21.8 Å². The number of benzene rings is 1. The number of nitrogens with zero attached hydrogens (tertiary/aromatic N) is 2. The van der Waals surface area contributed by atoms with Gasteiger partial charge in [-0.3, -0.25) is 9.59 Å². The van der Waals surface area contributed by atoms with Gasteiger partial charge in [0.25, 0.3) is 0 Å². The van der Waals surface area contributed by atoms with E-state index in [1.807, 2.05) is 0 Å². The fourth-order valence-electron chi connectivity index (χ4n) is 5.14. The summed E-state index contributed by atoms with van der Waals surface area (Å²) in [5, 5.41) is 8.51. The van der Waals surface area contributed by atoms with Crippen molar-refractivity contribution in [3.8, 4) is 0 Å². The number of hydrogen-bond acceptors (Lipinski definition) is 6. The Morgan fingerprint density at radius 2 is 1.91 bits per heavy atom. The Morgan fingerprint density at radius 3 is 2.71 bits per heavy atom. The summed E-state index contributed by atoms with van der Waals surface area (Å²) in [6.07, 6.45) is 8.39. The van der Waals surface area contributed by atoms with Crippen LogP contribution in [0.15, 0.2) is 24.4 Å². The molecule has 0 radical (unpaired) electrons. The second kappa shape index (κ2) is 11.4. The van der Waals surface area contributed by atoms with Gasteiger partial charge in [-0.05, 0) is 69.8 Å². The van der Waals surface area contributed by atoms with Gasteiger partial charge < -0.3 is 26.3 Å². The molecule has 5 rings (SSSR count). The van der Waals surface area contributed by atoms with Gasteiger partial charge in [-0.1, -0.05) is 12.1 Å². The molecule has 5 N–H and O–H groups in total. The van der Waals surface area contributed by atoms with Crippen molar-refractivity contribution in [2.45, 2.75) is 44.4 Å². The SMILES string of the molecule is CN.O=Cc1cnc(N2CCCCCNC(=O)CC2)c2c1[nH]c1cc(C3CCNCC3)ccc12. The summed E-state index contributed by atoms with van der Waals surface area (Å²) in [5.41, 5.74) is 8.31. The largest absolute Gasteiger partial charge is 0.356 e. The third-order valence-electron chi connectivity index (χ3n) is 6.93. The normalized spacial score (nSPS) is 18.3. The van der Waals surface area contributed by atoms with Crippen LogP contribution in [0.5, 0.6) is 0 Å². The molecule has 182 valence electrons. The van der Waals surface area contributed by atoms with E-state index in [0.29, 0.717) is 24.4 Å². The minimum absolute atomic E-state index is 0.0863. The van der Waals surface area contributed by atoms with Gasteiger partial charge in [0.05, 0.1) is 16.5 Å². The van der Waals surface area contributed by atoms with Crippen LogP contribution in [0.4, 0.5) is 5.82 Å². The Hall–Kier alpha value is -2.97. The van der Waals surface area contributed by atoms with E-state index in [1.54, 1.807) is 6.20 Å². The van der Waals surface area contributed by atoms with Crippen LogP contribution in [0, 0.1) is 0 Å². The third kappa shape index (κ3) is 5.08. The highest BCUT2D eigenvalue weighted by Crippen LogP contribution is 2.36. The van der Waals surface area contributed by atoms with Crippen LogP contribution in [-0.2, 0) is 4.79 Å². The number of anilines is 1. The van der Waals surface area contributed by atoms with Crippen molar-refractivity contribution in [3.05, 3.63) is 35.5 Å². The first kappa shape index (κ1) is 24.2. The van der Waals surface area contributed by atoms with Crippen LogP contribution < -0.4 is 21.3 Å². The highest BCUT2D eigenvalue weighted by molar-refractivity contribution is 6.16. The van der Waals surface area contributed by atoms with Crippen molar-refractivity contribution in [3.63, 3.8) is 0 Å². The van der Waals surface area contributed by atoms with Crippen molar-refractivity contribution in [1.82, 2.24) is 20.6 Å². The standard InChI is InChI=1S/C25H31N5O2.CH5N/c31-16-19-15-28-25(30-12-3-1-2-9-27-22(32)8-13-30)23-20-5-4-18(14-21(20)29-24(19)23)17-6-10-26-11-7-17;1-2/h4-5,14-17,26,29H,1-3,6-13H2,(H,27,32);2H2,1H3. The lowest BCUT2D eigenvalue weighted by atomic mass is 9.90. The fourth-order valence-corrected chi connectivity index (χ4v) is 5.14. The van der Waals surface area contributed by atoms with E-state index in [2.05, 4.69) is 44.5 Å². The van der Waals surface area contributed by atoms with Crippen LogP contribution >= 0.6 is 0 Å². The molecule has 1 aromatic carbocycles. The molecule has 3 aromatic rings. The smallest absolute Gasteiger partial charge is 0.221 e. The predicted octanol–water partition coefficient (Wildman–Crippen LogP) is 3.07. The second-order valence-electron chi connectivity index (χ2n) is 9.01. The van der Waals surface area contributed by atoms with Crippen LogP contribution in [0.3, 0.4) is 0 Å². The Labute approximate surface area is 200 Å². The van der Waals surface area contributed by atoms with E-state index in [0.717, 1.165) is 92.2 Å². The molecule has 0 saturated carbocycles. The molecule has 1 amide bonds. The molecule has 34 heavy (non-hydrogen) atoms. The lowest BCUT2D eigenvalue weighted by molar-refractivity contribution is -0.120. The number of pyridine rings is 1. The third-order valence-corrected chi connectivity index (χ3v) is 6.93. The molecule has 2 aliphatic rings. The fraction of sp³-hybridized carbons (Fsp3) is 0.500. The number of nitrogens with two attached hydrogens (primary N) is 1. The summed E-state index contributed by atoms with van der Waals surface area (Å²) >= 11 is 0. The number of aromatic nitrogens is 2. The monoisotopic (exact) mass is 464 g/mol. The van der Waals surface area contributed by atoms with Gasteiger partial charge in [0.2, 0.25) is 5.91 Å². The number of carbonyl (C=O) groups is 2. The number of piperidine rings is 1. The first-order valence-corrected chi connectivity index (χ1v) is 12.4. The second-order valence-corrected chi connectivity index (χ2v) is 9.01. The van der Waals surface area contributed by atoms with Crippen LogP contribution in [0.2, 0.25) is 0 Å². The zero-order valence-corrected chi connectivity index (χ0v) is 20.0. The number of aromatic amines is 1. The van der Waals surface area contributed by atoms with Crippen molar-refractivity contribution in [2.75, 3.05) is 44.7 Å². The number of nitrogens with one attached hydrogen (secondary N) is 3. The predicted molar refractivity (Wildman–Crippen MR) is 138 cm³/mol. The van der Waals surface area contributed by atoms with E-state index in [9.17, 15) is 9.59 Å². The molecular weight excluding hydrogens is 428 g/mol. The summed E-state index contributed by atoms with van der Waals surface area (Å²) in [4.78, 5) is 34.4. The Bertz CT molecular complexity index is 1140. The lowest BCUT2D eigenvalue weighted by Gasteiger charge is -2.26. The number of H-pyrrole nitrogens is 1. The van der Waals surface area contributed by atoms with E-state index in [1.165, 1.54) is 12.6 Å². The van der Waals surface area contributed by atoms with Crippen molar-refractivity contribution >= 4 is 39.8 Å². The molecule has 0 atom stereocenters. The van der Waals surface area contributed by atoms with Gasteiger partial charge in [0.1, 0.15) is 5.82 Å². The average Bonchev–Trinajstić information content (AvgIpc) is 3.28. The molecule has 2 aliphatic heterocycles. The van der Waals surface area contributed by atoms with Gasteiger partial charge in [-0.25, -0.2) is 4.98 Å². The molecular formula is C26H36N6O2. The molecule has 2 aromatic heterocycles. The van der Waals surface area contributed by atoms with Gasteiger partial charge in [-0.2, -0.15) is 0 Å². The average molecular weight is 465 g/mol. The number of aldehydes is 1. The first-order valence-electron chi connectivity index (χ1n) is 12.4. The van der Waals surface area contributed by atoms with Crippen molar-refractivity contribution in [2.24, 2.45) is 5.73 Å². The van der Waals surface area contributed by atoms with E-state index >= 15 is 0 Å². The van der Waals surface area contributed by atoms with Gasteiger partial charge in [0, 0.05) is 43.2 Å². The summed E-state index contributed by atoms with van der Waals surface area (Å²) < 4.78 is 0. The minimum Gasteiger partial charge on any atom is -0.356 e. The van der Waals surface area contributed by atoms with Gasteiger partial charge in [-0.15, -0.1) is 0 Å². The topological polar surface area (TPSA) is 116 Å². The van der Waals surface area contributed by atoms with Crippen LogP contribution in [0.1, 0.15) is 60.4 Å². The van der Waals surface area contributed by atoms with Gasteiger partial charge >= 0.3 is 0 Å². The van der Waals surface area contributed by atoms with Crippen molar-refractivity contribution in [1.29, 1.82) is 0 Å². The first-order chi connectivity index (χ1) is 16.7. The Kier molecular flexibility index (Phi) is 8.13. The van der Waals surface area contributed by atoms with Crippen LogP contribution in [-0.4, -0.2) is 61.9 Å². The molecule has 4 heterocycles. The summed E-state index contributed by atoms with van der Waals surface area (Å²) in [6.45, 7) is 4.35. The molecule has 0 bridgehead atoms. The number of carbonyl (C=O) groups excluding carboxylic acids is 2. The highest BCUT2D eigenvalue weighted by atomic mass is 16.1. The van der Waals surface area contributed by atoms with E-state index < -0.39 is 0 Å². The van der Waals surface area contributed by atoms with Crippen molar-refractivity contribution < 1.29 is 9.59 Å². The zero-order valence-electron chi connectivity index (χ0n) is 20.0. The molecule has 8 heteroatoms. The van der Waals surface area contributed by atoms with E-state index in [4.69, 9.17) is 4.98 Å². The zero-order chi connectivity index (χ0) is 23.9. The summed E-state index contributed by atoms with van der Waals surface area (Å²) in [7, 11) is 1.50. The van der Waals surface area contributed by atoms with E-state index in [-0.39, 0.29) is 5.91 Å². The number of hydrogen-bond donors (Lipinski definition) is 4. The Morgan fingerprint density at radius 1 is 1.09 bits per heavy atom. The highest BCUT2D eigenvalue weighted by Gasteiger charge is 2.21. The molecule has 0 unspecified atom stereocenters. The maximum absolute atomic E-state index is 12.2. The molecule has 0 spiro atoms. The maximum Gasteiger partial charge on any atom is 0.221 e. The Balaban J connectivity index is 0.00000133.